The molecule has 1 aromatic carbocycles. The minimum atomic E-state index is -0.343. The number of ether oxygens (including phenoxy) is 1. The number of carbonyl (C=O) groups is 1. The first-order chi connectivity index (χ1) is 13.9. The van der Waals surface area contributed by atoms with Crippen LogP contribution in [0.4, 0.5) is 5.69 Å². The van der Waals surface area contributed by atoms with E-state index in [0.29, 0.717) is 19.0 Å². The molecule has 152 valence electrons. The van der Waals surface area contributed by atoms with E-state index >= 15 is 0 Å². The molecular formula is C22H26N4O3. The van der Waals surface area contributed by atoms with Gasteiger partial charge >= 0.3 is 0 Å². The van der Waals surface area contributed by atoms with E-state index in [1.807, 2.05) is 42.8 Å². The Morgan fingerprint density at radius 2 is 1.97 bits per heavy atom. The van der Waals surface area contributed by atoms with Crippen molar-refractivity contribution < 1.29 is 13.9 Å². The molecule has 3 aromatic rings. The number of nitrogens with zero attached hydrogens (tertiary/aromatic N) is 3. The van der Waals surface area contributed by atoms with E-state index in [1.165, 1.54) is 5.56 Å². The summed E-state index contributed by atoms with van der Waals surface area (Å²) in [4.78, 5) is 16.8. The third-order valence-electron chi connectivity index (χ3n) is 5.56. The van der Waals surface area contributed by atoms with E-state index in [-0.39, 0.29) is 12.0 Å². The molecule has 0 radical (unpaired) electrons. The Morgan fingerprint density at radius 1 is 1.21 bits per heavy atom. The quantitative estimate of drug-likeness (QED) is 0.709. The van der Waals surface area contributed by atoms with Gasteiger partial charge in [-0.2, -0.15) is 5.10 Å². The maximum absolute atomic E-state index is 12.2. The molecule has 0 spiro atoms. The number of benzene rings is 1. The van der Waals surface area contributed by atoms with Gasteiger partial charge in [-0.1, -0.05) is 0 Å². The third kappa shape index (κ3) is 3.96. The second kappa shape index (κ2) is 7.83. The normalized spacial score (nSPS) is 16.3. The Morgan fingerprint density at radius 3 is 2.59 bits per heavy atom. The lowest BCUT2D eigenvalue weighted by atomic mass is 10.2. The number of hydrogen-bond acceptors (Lipinski definition) is 5. The maximum Gasteiger partial charge on any atom is 0.253 e. The molecule has 1 saturated heterocycles. The first-order valence-corrected chi connectivity index (χ1v) is 9.92. The average Bonchev–Trinajstić information content (AvgIpc) is 3.42. The van der Waals surface area contributed by atoms with Crippen LogP contribution in [-0.4, -0.2) is 33.4 Å². The number of anilines is 1. The number of aromatic nitrogens is 3. The van der Waals surface area contributed by atoms with Crippen LogP contribution < -0.4 is 5.32 Å². The lowest BCUT2D eigenvalue weighted by Gasteiger charge is -2.10. The molecule has 1 amide bonds. The van der Waals surface area contributed by atoms with Gasteiger partial charge in [0.15, 0.2) is 0 Å². The minimum Gasteiger partial charge on any atom is -0.441 e. The topological polar surface area (TPSA) is 82.2 Å². The minimum absolute atomic E-state index is 0.0929. The second-order valence-corrected chi connectivity index (χ2v) is 7.54. The van der Waals surface area contributed by atoms with E-state index in [4.69, 9.17) is 9.15 Å². The van der Waals surface area contributed by atoms with Gasteiger partial charge in [-0.05, 0) is 70.4 Å². The summed E-state index contributed by atoms with van der Waals surface area (Å²) in [5.74, 6) is 1.25. The van der Waals surface area contributed by atoms with Crippen molar-refractivity contribution in [3.63, 3.8) is 0 Å². The largest absolute Gasteiger partial charge is 0.441 e. The standard InChI is InChI=1S/C22H26N4O3/c1-13-14(2)25-26(15(13)3)12-19-16(4)29-22(24-19)17-7-9-18(10-8-17)23-21(27)20-6-5-11-28-20/h7-10,20H,5-6,11-12H2,1-4H3,(H,23,27)/t20-/m1/s1. The molecule has 1 aliphatic heterocycles. The van der Waals surface area contributed by atoms with E-state index in [1.54, 1.807) is 0 Å². The van der Waals surface area contributed by atoms with Gasteiger partial charge in [0, 0.05) is 23.6 Å². The number of amides is 1. The molecule has 0 bridgehead atoms. The van der Waals surface area contributed by atoms with Gasteiger partial charge in [0.1, 0.15) is 17.6 Å². The Labute approximate surface area is 170 Å². The second-order valence-electron chi connectivity index (χ2n) is 7.54. The Balaban J connectivity index is 1.48. The highest BCUT2D eigenvalue weighted by atomic mass is 16.5. The number of rotatable bonds is 5. The zero-order chi connectivity index (χ0) is 20.5. The van der Waals surface area contributed by atoms with E-state index < -0.39 is 0 Å². The third-order valence-corrected chi connectivity index (χ3v) is 5.56. The highest BCUT2D eigenvalue weighted by molar-refractivity contribution is 5.94. The fraction of sp³-hybridized carbons (Fsp3) is 0.409. The first kappa shape index (κ1) is 19.4. The summed E-state index contributed by atoms with van der Waals surface area (Å²) in [6, 6.07) is 7.50. The number of oxazole rings is 1. The van der Waals surface area contributed by atoms with Crippen molar-refractivity contribution in [2.45, 2.75) is 53.2 Å². The van der Waals surface area contributed by atoms with Crippen molar-refractivity contribution in [2.75, 3.05) is 11.9 Å². The van der Waals surface area contributed by atoms with Crippen molar-refractivity contribution in [3.05, 3.63) is 52.7 Å². The number of hydrogen-bond donors (Lipinski definition) is 1. The van der Waals surface area contributed by atoms with Gasteiger partial charge in [0.2, 0.25) is 5.89 Å². The average molecular weight is 394 g/mol. The van der Waals surface area contributed by atoms with Crippen molar-refractivity contribution in [3.8, 4) is 11.5 Å². The predicted molar refractivity (Wildman–Crippen MR) is 110 cm³/mol. The fourth-order valence-corrected chi connectivity index (χ4v) is 3.48. The number of aryl methyl sites for hydroxylation is 2. The molecule has 4 rings (SSSR count). The molecule has 0 aliphatic carbocycles. The molecule has 2 aromatic heterocycles. The van der Waals surface area contributed by atoms with E-state index in [2.05, 4.69) is 29.2 Å². The smallest absolute Gasteiger partial charge is 0.253 e. The van der Waals surface area contributed by atoms with Gasteiger partial charge in [0.25, 0.3) is 5.91 Å². The van der Waals surface area contributed by atoms with E-state index in [9.17, 15) is 4.79 Å². The summed E-state index contributed by atoms with van der Waals surface area (Å²) in [7, 11) is 0. The van der Waals surface area contributed by atoms with Gasteiger partial charge in [-0.25, -0.2) is 4.98 Å². The van der Waals surface area contributed by atoms with Crippen molar-refractivity contribution in [1.82, 2.24) is 14.8 Å². The lowest BCUT2D eigenvalue weighted by Crippen LogP contribution is -2.26. The summed E-state index contributed by atoms with van der Waals surface area (Å²) in [6.45, 7) is 9.30. The Hall–Kier alpha value is -2.93. The molecule has 29 heavy (non-hydrogen) atoms. The Bertz CT molecular complexity index is 1030. The van der Waals surface area contributed by atoms with Crippen LogP contribution in [0, 0.1) is 27.7 Å². The summed E-state index contributed by atoms with van der Waals surface area (Å²) in [5, 5.41) is 7.48. The van der Waals surface area contributed by atoms with Crippen LogP contribution in [0.3, 0.4) is 0 Å². The molecule has 0 saturated carbocycles. The van der Waals surface area contributed by atoms with E-state index in [0.717, 1.165) is 46.9 Å². The van der Waals surface area contributed by atoms with Crippen LogP contribution in [0.25, 0.3) is 11.5 Å². The van der Waals surface area contributed by atoms with Gasteiger partial charge < -0.3 is 14.5 Å². The molecule has 7 nitrogen and oxygen atoms in total. The van der Waals surface area contributed by atoms with Crippen molar-refractivity contribution in [1.29, 1.82) is 0 Å². The SMILES string of the molecule is Cc1nn(Cc2nc(-c3ccc(NC(=O)[C@H]4CCCO4)cc3)oc2C)c(C)c1C. The molecule has 1 atom stereocenters. The van der Waals surface area contributed by atoms with Crippen molar-refractivity contribution in [2.24, 2.45) is 0 Å². The number of carbonyl (C=O) groups excluding carboxylic acids is 1. The Kier molecular flexibility index (Phi) is 5.24. The summed E-state index contributed by atoms with van der Waals surface area (Å²) < 4.78 is 13.3. The van der Waals surface area contributed by atoms with Crippen LogP contribution in [0.15, 0.2) is 28.7 Å². The zero-order valence-electron chi connectivity index (χ0n) is 17.3. The number of nitrogens with one attached hydrogen (secondary N) is 1. The molecule has 1 aliphatic rings. The van der Waals surface area contributed by atoms with Crippen molar-refractivity contribution >= 4 is 11.6 Å². The van der Waals surface area contributed by atoms with Gasteiger partial charge in [-0.3, -0.25) is 9.48 Å². The molecule has 7 heteroatoms. The highest BCUT2D eigenvalue weighted by Gasteiger charge is 2.23. The van der Waals surface area contributed by atoms with Gasteiger partial charge in [0.05, 0.1) is 12.2 Å². The summed E-state index contributed by atoms with van der Waals surface area (Å²) in [5.41, 5.74) is 5.82. The van der Waals surface area contributed by atoms with Gasteiger partial charge in [-0.15, -0.1) is 0 Å². The van der Waals surface area contributed by atoms with Crippen LogP contribution in [-0.2, 0) is 16.1 Å². The molecule has 1 fully saturated rings. The van der Waals surface area contributed by atoms with Crippen LogP contribution in [0.5, 0.6) is 0 Å². The molecule has 3 heterocycles. The maximum atomic E-state index is 12.2. The molecule has 1 N–H and O–H groups in total. The first-order valence-electron chi connectivity index (χ1n) is 9.92. The van der Waals surface area contributed by atoms with Crippen LogP contribution in [0.1, 0.15) is 41.2 Å². The monoisotopic (exact) mass is 394 g/mol. The summed E-state index contributed by atoms with van der Waals surface area (Å²) in [6.07, 6.45) is 1.36. The highest BCUT2D eigenvalue weighted by Crippen LogP contribution is 2.25. The fourth-order valence-electron chi connectivity index (χ4n) is 3.48. The predicted octanol–water partition coefficient (Wildman–Crippen LogP) is 3.94. The zero-order valence-corrected chi connectivity index (χ0v) is 17.3. The lowest BCUT2D eigenvalue weighted by molar-refractivity contribution is -0.124. The molecule has 0 unspecified atom stereocenters. The van der Waals surface area contributed by atoms with Crippen LogP contribution >= 0.6 is 0 Å². The molecular weight excluding hydrogens is 368 g/mol. The summed E-state index contributed by atoms with van der Waals surface area (Å²) >= 11 is 0. The van der Waals surface area contributed by atoms with Crippen LogP contribution in [0.2, 0.25) is 0 Å².